The average molecular weight is 446 g/mol. The van der Waals surface area contributed by atoms with E-state index in [0.29, 0.717) is 5.82 Å². The Morgan fingerprint density at radius 2 is 1.79 bits per heavy atom. The van der Waals surface area contributed by atoms with Gasteiger partial charge in [0.05, 0.1) is 6.10 Å². The number of nitrogens with zero attached hydrogens (tertiary/aromatic N) is 2. The van der Waals surface area contributed by atoms with Gasteiger partial charge in [0.15, 0.2) is 5.75 Å². The Morgan fingerprint density at radius 1 is 1.06 bits per heavy atom. The van der Waals surface area contributed by atoms with E-state index in [0.717, 1.165) is 22.0 Å². The molecule has 4 aromatic rings. The third-order valence-corrected chi connectivity index (χ3v) is 5.06. The Morgan fingerprint density at radius 3 is 2.48 bits per heavy atom. The summed E-state index contributed by atoms with van der Waals surface area (Å²) in [7, 11) is 0. The van der Waals surface area contributed by atoms with Crippen molar-refractivity contribution in [2.24, 2.45) is 0 Å². The largest absolute Gasteiger partial charge is 0.485 e. The third-order valence-electron chi connectivity index (χ3n) is 5.06. The van der Waals surface area contributed by atoms with Gasteiger partial charge < -0.3 is 20.5 Å². The van der Waals surface area contributed by atoms with Crippen LogP contribution in [-0.2, 0) is 11.2 Å². The van der Waals surface area contributed by atoms with Crippen LogP contribution < -0.4 is 26.2 Å². The van der Waals surface area contributed by atoms with E-state index in [1.54, 1.807) is 44.6 Å². The molecule has 2 aromatic carbocycles. The molecule has 0 aliphatic rings. The third kappa shape index (κ3) is 4.67. The van der Waals surface area contributed by atoms with Crippen molar-refractivity contribution in [1.29, 1.82) is 0 Å². The Hall–Kier alpha value is -4.27. The number of carbonyl (C=O) groups is 1. The van der Waals surface area contributed by atoms with Gasteiger partial charge in [-0.3, -0.25) is 14.6 Å². The number of pyridine rings is 2. The molecule has 0 unspecified atom stereocenters. The van der Waals surface area contributed by atoms with E-state index in [1.165, 1.54) is 0 Å². The smallest absolute Gasteiger partial charge is 0.326 e. The van der Waals surface area contributed by atoms with Gasteiger partial charge in [0.2, 0.25) is 0 Å². The fourth-order valence-electron chi connectivity index (χ4n) is 3.43. The Balaban J connectivity index is 1.48. The molecule has 3 N–H and O–H groups in total. The number of hydrogen-bond acceptors (Lipinski definition) is 8. The van der Waals surface area contributed by atoms with Crippen LogP contribution in [0.3, 0.4) is 0 Å². The lowest BCUT2D eigenvalue weighted by Crippen LogP contribution is -2.42. The lowest BCUT2D eigenvalue weighted by Gasteiger charge is -2.20. The lowest BCUT2D eigenvalue weighted by atomic mass is 10.0. The van der Waals surface area contributed by atoms with Crippen molar-refractivity contribution >= 4 is 33.9 Å². The molecule has 0 radical (unpaired) electrons. The maximum Gasteiger partial charge on any atom is 0.326 e. The first kappa shape index (κ1) is 21.9. The maximum absolute atomic E-state index is 11.9. The first-order valence-corrected chi connectivity index (χ1v) is 10.4. The van der Waals surface area contributed by atoms with Crippen LogP contribution in [-0.4, -0.2) is 33.2 Å². The highest BCUT2D eigenvalue weighted by molar-refractivity contribution is 5.92. The highest BCUT2D eigenvalue weighted by Gasteiger charge is 2.28. The van der Waals surface area contributed by atoms with Gasteiger partial charge in [-0.25, -0.2) is 9.78 Å². The molecule has 2 heterocycles. The number of carboxylic acid groups (broad SMARTS) is 1. The van der Waals surface area contributed by atoms with Gasteiger partial charge in [-0.2, -0.15) is 0 Å². The van der Waals surface area contributed by atoms with Gasteiger partial charge in [0.1, 0.15) is 17.5 Å². The van der Waals surface area contributed by atoms with Crippen LogP contribution in [0.2, 0.25) is 0 Å². The second kappa shape index (κ2) is 9.07. The molecule has 0 saturated heterocycles. The van der Waals surface area contributed by atoms with Crippen LogP contribution in [0.4, 0.5) is 17.2 Å². The monoisotopic (exact) mass is 446 g/mol. The Kier molecular flexibility index (Phi) is 6.03. The first-order valence-electron chi connectivity index (χ1n) is 10.4. The Labute approximate surface area is 188 Å². The van der Waals surface area contributed by atoms with Crippen molar-refractivity contribution < 1.29 is 14.6 Å². The topological polar surface area (TPSA) is 131 Å². The van der Waals surface area contributed by atoms with E-state index in [2.05, 4.69) is 20.6 Å². The van der Waals surface area contributed by atoms with Crippen LogP contribution in [0.1, 0.15) is 19.4 Å². The molecule has 0 aliphatic heterocycles. The minimum atomic E-state index is -1.15. The molecule has 9 nitrogen and oxygen atoms in total. The van der Waals surface area contributed by atoms with E-state index in [-0.39, 0.29) is 24.0 Å². The van der Waals surface area contributed by atoms with Gasteiger partial charge in [-0.05, 0) is 49.1 Å². The van der Waals surface area contributed by atoms with Crippen molar-refractivity contribution in [3.05, 3.63) is 81.0 Å². The molecular formula is C24H22N4O5. The van der Waals surface area contributed by atoms with E-state index in [9.17, 15) is 19.5 Å². The fourth-order valence-corrected chi connectivity index (χ4v) is 3.43. The number of ether oxygens (including phenoxy) is 1. The summed E-state index contributed by atoms with van der Waals surface area (Å²) in [5, 5.41) is 17.4. The summed E-state index contributed by atoms with van der Waals surface area (Å²) in [6, 6.07) is 9.90. The van der Waals surface area contributed by atoms with Crippen molar-refractivity contribution in [2.75, 3.05) is 10.6 Å². The highest BCUT2D eigenvalue weighted by atomic mass is 16.5. The summed E-state index contributed by atoms with van der Waals surface area (Å²) >= 11 is 0. The molecule has 1 atom stereocenters. The second-order valence-electron chi connectivity index (χ2n) is 7.85. The standard InChI is InChI=1S/C24H22N4O5/c1-13(2)33-22-19(20(29)21(22)30)28-18(24(31)32)11-14-3-5-16(6-4-14)27-23-17-12-25-9-7-15(17)8-10-26-23/h3-10,12-13,18,28H,11H2,1-2H3,(H,26,27)(H,31,32)/t18-/m0/s1. The van der Waals surface area contributed by atoms with E-state index < -0.39 is 22.9 Å². The zero-order valence-electron chi connectivity index (χ0n) is 18.0. The SMILES string of the molecule is CC(C)Oc1c(N[C@@H](Cc2ccc(Nc3nccc4ccncc34)cc2)C(=O)O)c(=O)c1=O. The molecule has 4 rings (SSSR count). The minimum absolute atomic E-state index is 0.0879. The summed E-state index contributed by atoms with van der Waals surface area (Å²) in [6.45, 7) is 3.44. The summed E-state index contributed by atoms with van der Waals surface area (Å²) in [5.74, 6) is -0.595. The fraction of sp³-hybridized carbons (Fsp3) is 0.208. The molecule has 2 aromatic heterocycles. The van der Waals surface area contributed by atoms with Crippen molar-refractivity contribution in [3.8, 4) is 5.75 Å². The molecule has 0 amide bonds. The predicted octanol–water partition coefficient (Wildman–Crippen LogP) is 2.86. The minimum Gasteiger partial charge on any atom is -0.485 e. The van der Waals surface area contributed by atoms with Gasteiger partial charge in [-0.15, -0.1) is 0 Å². The summed E-state index contributed by atoms with van der Waals surface area (Å²) in [6.07, 6.45) is 4.95. The van der Waals surface area contributed by atoms with Crippen LogP contribution in [0.5, 0.6) is 5.75 Å². The number of fused-ring (bicyclic) bond motifs is 1. The molecule has 0 fully saturated rings. The number of carboxylic acids is 1. The normalized spacial score (nSPS) is 12.1. The van der Waals surface area contributed by atoms with Crippen LogP contribution in [0, 0.1) is 0 Å². The molecule has 168 valence electrons. The maximum atomic E-state index is 11.9. The van der Waals surface area contributed by atoms with Crippen LogP contribution in [0.25, 0.3) is 10.8 Å². The second-order valence-corrected chi connectivity index (χ2v) is 7.85. The first-order chi connectivity index (χ1) is 15.8. The number of nitrogens with one attached hydrogen (secondary N) is 2. The number of aliphatic carboxylic acids is 1. The van der Waals surface area contributed by atoms with Gasteiger partial charge in [0.25, 0.3) is 10.9 Å². The number of aromatic nitrogens is 2. The molecule has 9 heteroatoms. The molecule has 0 bridgehead atoms. The molecule has 0 aliphatic carbocycles. The molecule has 33 heavy (non-hydrogen) atoms. The number of rotatable bonds is 9. The van der Waals surface area contributed by atoms with Crippen molar-refractivity contribution in [3.63, 3.8) is 0 Å². The van der Waals surface area contributed by atoms with Gasteiger partial charge in [0, 0.05) is 36.1 Å². The van der Waals surface area contributed by atoms with E-state index >= 15 is 0 Å². The van der Waals surface area contributed by atoms with Gasteiger partial charge in [-0.1, -0.05) is 12.1 Å². The lowest BCUT2D eigenvalue weighted by molar-refractivity contribution is -0.137. The van der Waals surface area contributed by atoms with Crippen molar-refractivity contribution in [1.82, 2.24) is 9.97 Å². The van der Waals surface area contributed by atoms with Crippen molar-refractivity contribution in [2.45, 2.75) is 32.4 Å². The molecular weight excluding hydrogens is 424 g/mol. The zero-order valence-corrected chi connectivity index (χ0v) is 18.0. The molecule has 0 spiro atoms. The number of anilines is 3. The molecule has 0 saturated carbocycles. The van der Waals surface area contributed by atoms with E-state index in [1.807, 2.05) is 24.3 Å². The van der Waals surface area contributed by atoms with Gasteiger partial charge >= 0.3 is 5.97 Å². The summed E-state index contributed by atoms with van der Waals surface area (Å²) < 4.78 is 5.35. The predicted molar refractivity (Wildman–Crippen MR) is 125 cm³/mol. The Bertz CT molecular complexity index is 1370. The summed E-state index contributed by atoms with van der Waals surface area (Å²) in [4.78, 5) is 44.0. The van der Waals surface area contributed by atoms with Crippen LogP contribution in [0.15, 0.2) is 64.6 Å². The van der Waals surface area contributed by atoms with Crippen LogP contribution >= 0.6 is 0 Å². The summed E-state index contributed by atoms with van der Waals surface area (Å²) in [5.41, 5.74) is -0.0953. The zero-order chi connectivity index (χ0) is 23.5. The van der Waals surface area contributed by atoms with E-state index in [4.69, 9.17) is 4.74 Å². The average Bonchev–Trinajstić information content (AvgIpc) is 2.81. The quantitative estimate of drug-likeness (QED) is 0.332. The number of benzene rings is 1. The number of hydrogen-bond donors (Lipinski definition) is 3. The highest BCUT2D eigenvalue weighted by Crippen LogP contribution is 2.24.